The lowest BCUT2D eigenvalue weighted by atomic mass is 10.2. The lowest BCUT2D eigenvalue weighted by Gasteiger charge is -2.12. The van der Waals surface area contributed by atoms with Gasteiger partial charge in [-0.2, -0.15) is 0 Å². The SMILES string of the molecule is CC(C)CNS(=O)(=O)c1cc([N+](=O)[O-])ccc1NN. The zero-order chi connectivity index (χ0) is 14.6. The minimum absolute atomic E-state index is 0.0989. The van der Waals surface area contributed by atoms with Gasteiger partial charge < -0.3 is 5.43 Å². The number of nitrogens with two attached hydrogens (primary N) is 1. The molecule has 1 aromatic rings. The molecule has 0 spiro atoms. The molecular formula is C10H16N4O4S. The van der Waals surface area contributed by atoms with Crippen LogP contribution in [-0.2, 0) is 10.0 Å². The molecular weight excluding hydrogens is 272 g/mol. The highest BCUT2D eigenvalue weighted by Crippen LogP contribution is 2.25. The van der Waals surface area contributed by atoms with Gasteiger partial charge in [0.05, 0.1) is 10.6 Å². The molecule has 4 N–H and O–H groups in total. The van der Waals surface area contributed by atoms with Crippen LogP contribution in [-0.4, -0.2) is 19.9 Å². The molecule has 9 heteroatoms. The van der Waals surface area contributed by atoms with Crippen molar-refractivity contribution in [3.8, 4) is 0 Å². The van der Waals surface area contributed by atoms with E-state index in [9.17, 15) is 18.5 Å². The fourth-order valence-electron chi connectivity index (χ4n) is 1.32. The van der Waals surface area contributed by atoms with E-state index in [1.165, 1.54) is 12.1 Å². The second-order valence-corrected chi connectivity index (χ2v) is 6.06. The molecule has 0 unspecified atom stereocenters. The topological polar surface area (TPSA) is 127 Å². The molecule has 0 bridgehead atoms. The van der Waals surface area contributed by atoms with Crippen LogP contribution in [0.4, 0.5) is 11.4 Å². The van der Waals surface area contributed by atoms with Crippen molar-refractivity contribution < 1.29 is 13.3 Å². The predicted octanol–water partition coefficient (Wildman–Crippen LogP) is 0.815. The van der Waals surface area contributed by atoms with Crippen LogP contribution in [0.5, 0.6) is 0 Å². The zero-order valence-corrected chi connectivity index (χ0v) is 11.4. The van der Waals surface area contributed by atoms with E-state index in [4.69, 9.17) is 5.84 Å². The van der Waals surface area contributed by atoms with Crippen LogP contribution in [0.25, 0.3) is 0 Å². The fraction of sp³-hybridized carbons (Fsp3) is 0.400. The smallest absolute Gasteiger partial charge is 0.270 e. The van der Waals surface area contributed by atoms with Crippen LogP contribution >= 0.6 is 0 Å². The Hall–Kier alpha value is -1.71. The molecule has 0 amide bonds. The number of hydrogen-bond acceptors (Lipinski definition) is 6. The van der Waals surface area contributed by atoms with Crippen molar-refractivity contribution >= 4 is 21.4 Å². The average molecular weight is 288 g/mol. The maximum atomic E-state index is 12.1. The van der Waals surface area contributed by atoms with Crippen molar-refractivity contribution in [2.45, 2.75) is 18.7 Å². The molecule has 0 radical (unpaired) electrons. The van der Waals surface area contributed by atoms with E-state index in [1.54, 1.807) is 0 Å². The number of hydrazine groups is 1. The number of nitrogens with zero attached hydrogens (tertiary/aromatic N) is 1. The van der Waals surface area contributed by atoms with Gasteiger partial charge >= 0.3 is 0 Å². The third-order valence-electron chi connectivity index (χ3n) is 2.30. The van der Waals surface area contributed by atoms with Gasteiger partial charge in [0.15, 0.2) is 0 Å². The highest BCUT2D eigenvalue weighted by molar-refractivity contribution is 7.89. The van der Waals surface area contributed by atoms with Gasteiger partial charge in [-0.05, 0) is 12.0 Å². The standard InChI is InChI=1S/C10H16N4O4S/c1-7(2)6-12-19(17,18)10-5-8(14(15)16)3-4-9(10)13-11/h3-5,7,12-13H,6,11H2,1-2H3. The Morgan fingerprint density at radius 1 is 1.42 bits per heavy atom. The molecule has 8 nitrogen and oxygen atoms in total. The first kappa shape index (κ1) is 15.3. The van der Waals surface area contributed by atoms with Gasteiger partial charge in [0, 0.05) is 18.7 Å². The Bertz CT molecular complexity index is 571. The summed E-state index contributed by atoms with van der Waals surface area (Å²) >= 11 is 0. The van der Waals surface area contributed by atoms with Gasteiger partial charge in [-0.3, -0.25) is 16.0 Å². The molecule has 0 aliphatic heterocycles. The summed E-state index contributed by atoms with van der Waals surface area (Å²) in [4.78, 5) is 9.77. The molecule has 0 heterocycles. The normalized spacial score (nSPS) is 11.6. The monoisotopic (exact) mass is 288 g/mol. The number of nitro benzene ring substituents is 1. The molecule has 1 rings (SSSR count). The lowest BCUT2D eigenvalue weighted by Crippen LogP contribution is -2.28. The highest BCUT2D eigenvalue weighted by Gasteiger charge is 2.22. The molecule has 1 aromatic carbocycles. The van der Waals surface area contributed by atoms with Gasteiger partial charge in [-0.15, -0.1) is 0 Å². The van der Waals surface area contributed by atoms with Crippen molar-refractivity contribution in [2.75, 3.05) is 12.0 Å². The third kappa shape index (κ3) is 3.88. The first-order valence-corrected chi connectivity index (χ1v) is 7.01. The maximum absolute atomic E-state index is 12.1. The summed E-state index contributed by atoms with van der Waals surface area (Å²) in [5.74, 6) is 5.33. The highest BCUT2D eigenvalue weighted by atomic mass is 32.2. The van der Waals surface area contributed by atoms with Crippen molar-refractivity contribution in [1.29, 1.82) is 0 Å². The molecule has 0 aromatic heterocycles. The van der Waals surface area contributed by atoms with Crippen LogP contribution in [0.1, 0.15) is 13.8 Å². The van der Waals surface area contributed by atoms with E-state index in [0.29, 0.717) is 0 Å². The van der Waals surface area contributed by atoms with Crippen LogP contribution < -0.4 is 16.0 Å². The van der Waals surface area contributed by atoms with E-state index in [0.717, 1.165) is 6.07 Å². The van der Waals surface area contributed by atoms with Crippen LogP contribution in [0.3, 0.4) is 0 Å². The number of anilines is 1. The first-order chi connectivity index (χ1) is 8.77. The molecule has 106 valence electrons. The van der Waals surface area contributed by atoms with Gasteiger partial charge in [0.1, 0.15) is 4.90 Å². The largest absolute Gasteiger partial charge is 0.323 e. The predicted molar refractivity (Wildman–Crippen MR) is 70.9 cm³/mol. The fourth-order valence-corrected chi connectivity index (χ4v) is 2.72. The number of sulfonamides is 1. The van der Waals surface area contributed by atoms with Crippen molar-refractivity contribution in [3.05, 3.63) is 28.3 Å². The van der Waals surface area contributed by atoms with Crippen molar-refractivity contribution in [2.24, 2.45) is 11.8 Å². The maximum Gasteiger partial charge on any atom is 0.270 e. The molecule has 0 aliphatic carbocycles. The Morgan fingerprint density at radius 2 is 2.05 bits per heavy atom. The summed E-state index contributed by atoms with van der Waals surface area (Å²) in [6.45, 7) is 3.92. The van der Waals surface area contributed by atoms with E-state index >= 15 is 0 Å². The van der Waals surface area contributed by atoms with Crippen LogP contribution in [0, 0.1) is 16.0 Å². The molecule has 0 fully saturated rings. The first-order valence-electron chi connectivity index (χ1n) is 5.52. The zero-order valence-electron chi connectivity index (χ0n) is 10.6. The molecule has 19 heavy (non-hydrogen) atoms. The van der Waals surface area contributed by atoms with Gasteiger partial charge in [0.2, 0.25) is 10.0 Å². The van der Waals surface area contributed by atoms with Crippen molar-refractivity contribution in [3.63, 3.8) is 0 Å². The van der Waals surface area contributed by atoms with E-state index < -0.39 is 14.9 Å². The minimum atomic E-state index is -3.85. The molecule has 0 aliphatic rings. The van der Waals surface area contributed by atoms with E-state index in [2.05, 4.69) is 10.1 Å². The number of nitrogen functional groups attached to an aromatic ring is 1. The molecule has 0 saturated carbocycles. The van der Waals surface area contributed by atoms with Gasteiger partial charge in [0.25, 0.3) is 5.69 Å². The summed E-state index contributed by atoms with van der Waals surface area (Å²) in [5.41, 5.74) is 2.00. The van der Waals surface area contributed by atoms with E-state index in [1.807, 2.05) is 13.8 Å². The minimum Gasteiger partial charge on any atom is -0.323 e. The second kappa shape index (κ2) is 5.95. The number of rotatable bonds is 6. The Kier molecular flexibility index (Phi) is 4.81. The van der Waals surface area contributed by atoms with Gasteiger partial charge in [-0.1, -0.05) is 13.8 Å². The number of nitrogens with one attached hydrogen (secondary N) is 2. The Balaban J connectivity index is 3.22. The Labute approximate surface area is 111 Å². The number of benzene rings is 1. The third-order valence-corrected chi connectivity index (χ3v) is 3.77. The molecule has 0 saturated heterocycles. The van der Waals surface area contributed by atoms with Crippen LogP contribution in [0.2, 0.25) is 0 Å². The Morgan fingerprint density at radius 3 is 2.53 bits per heavy atom. The second-order valence-electron chi connectivity index (χ2n) is 4.33. The lowest BCUT2D eigenvalue weighted by molar-refractivity contribution is -0.385. The van der Waals surface area contributed by atoms with Crippen molar-refractivity contribution in [1.82, 2.24) is 4.72 Å². The molecule has 0 atom stereocenters. The van der Waals surface area contributed by atoms with Crippen LogP contribution in [0.15, 0.2) is 23.1 Å². The van der Waals surface area contributed by atoms with E-state index in [-0.39, 0.29) is 28.7 Å². The number of non-ortho nitro benzene ring substituents is 1. The summed E-state index contributed by atoms with van der Waals surface area (Å²) < 4.78 is 26.5. The quantitative estimate of drug-likeness (QED) is 0.404. The summed E-state index contributed by atoms with van der Waals surface area (Å²) in [5, 5.41) is 10.7. The summed E-state index contributed by atoms with van der Waals surface area (Å²) in [6, 6.07) is 3.40. The summed E-state index contributed by atoms with van der Waals surface area (Å²) in [7, 11) is -3.85. The average Bonchev–Trinajstić information content (AvgIpc) is 2.35. The number of nitro groups is 1. The number of hydrogen-bond donors (Lipinski definition) is 3. The van der Waals surface area contributed by atoms with Gasteiger partial charge in [-0.25, -0.2) is 13.1 Å². The summed E-state index contributed by atoms with van der Waals surface area (Å²) in [6.07, 6.45) is 0.